The van der Waals surface area contributed by atoms with Gasteiger partial charge in [-0.25, -0.2) is 9.78 Å². The number of aryl methyl sites for hydroxylation is 1. The Hall–Kier alpha value is -1.69. The van der Waals surface area contributed by atoms with Crippen LogP contribution in [0.5, 0.6) is 0 Å². The Morgan fingerprint density at radius 3 is 2.83 bits per heavy atom. The summed E-state index contributed by atoms with van der Waals surface area (Å²) >= 11 is 1.63. The summed E-state index contributed by atoms with van der Waals surface area (Å²) in [6.45, 7) is 4.21. The fourth-order valence-corrected chi connectivity index (χ4v) is 4.45. The molecule has 0 radical (unpaired) electrons. The second-order valence-corrected chi connectivity index (χ2v) is 7.21. The second kappa shape index (κ2) is 7.47. The molecule has 0 amide bonds. The lowest BCUT2D eigenvalue weighted by molar-refractivity contribution is 0.0598. The molecular weight excluding hydrogens is 324 g/mol. The van der Waals surface area contributed by atoms with Crippen molar-refractivity contribution in [1.29, 1.82) is 0 Å². The predicted molar refractivity (Wildman–Crippen MR) is 93.4 cm³/mol. The highest BCUT2D eigenvalue weighted by molar-refractivity contribution is 7.98. The van der Waals surface area contributed by atoms with E-state index >= 15 is 0 Å². The molecule has 6 heteroatoms. The third-order valence-electron chi connectivity index (χ3n) is 4.78. The molecule has 0 bridgehead atoms. The average Bonchev–Trinajstić information content (AvgIpc) is 3.18. The summed E-state index contributed by atoms with van der Waals surface area (Å²) in [4.78, 5) is 16.5. The molecule has 1 saturated carbocycles. The first-order valence-electron chi connectivity index (χ1n) is 8.44. The van der Waals surface area contributed by atoms with Crippen LogP contribution in [-0.4, -0.2) is 22.6 Å². The van der Waals surface area contributed by atoms with Crippen LogP contribution in [0.2, 0.25) is 0 Å². The van der Waals surface area contributed by atoms with E-state index in [1.165, 1.54) is 51.2 Å². The minimum absolute atomic E-state index is 0.359. The maximum absolute atomic E-state index is 11.8. The van der Waals surface area contributed by atoms with Crippen molar-refractivity contribution in [2.75, 3.05) is 7.11 Å². The van der Waals surface area contributed by atoms with Gasteiger partial charge < -0.3 is 13.7 Å². The zero-order valence-electron chi connectivity index (χ0n) is 14.5. The summed E-state index contributed by atoms with van der Waals surface area (Å²) in [5.41, 5.74) is 2.82. The van der Waals surface area contributed by atoms with E-state index in [0.717, 1.165) is 10.9 Å². The molecule has 1 fully saturated rings. The maximum atomic E-state index is 11.8. The lowest BCUT2D eigenvalue weighted by Gasteiger charge is -2.26. The molecule has 0 aliphatic heterocycles. The van der Waals surface area contributed by atoms with Crippen LogP contribution in [-0.2, 0) is 10.5 Å². The van der Waals surface area contributed by atoms with E-state index in [0.29, 0.717) is 23.1 Å². The van der Waals surface area contributed by atoms with Crippen molar-refractivity contribution in [1.82, 2.24) is 9.55 Å². The Balaban J connectivity index is 1.79. The predicted octanol–water partition coefficient (Wildman–Crippen LogP) is 4.68. The second-order valence-electron chi connectivity index (χ2n) is 6.26. The lowest BCUT2D eigenvalue weighted by atomic mass is 9.95. The number of ether oxygens (including phenoxy) is 1. The fourth-order valence-electron chi connectivity index (χ4n) is 3.34. The van der Waals surface area contributed by atoms with E-state index < -0.39 is 0 Å². The highest BCUT2D eigenvalue weighted by Crippen LogP contribution is 2.35. The summed E-state index contributed by atoms with van der Waals surface area (Å²) in [7, 11) is 1.38. The summed E-state index contributed by atoms with van der Waals surface area (Å²) in [5, 5.41) is 1.02. The molecule has 1 aliphatic carbocycles. The molecule has 0 aromatic carbocycles. The third-order valence-corrected chi connectivity index (χ3v) is 5.73. The molecule has 0 atom stereocenters. The Labute approximate surface area is 146 Å². The third kappa shape index (κ3) is 3.38. The lowest BCUT2D eigenvalue weighted by Crippen LogP contribution is -2.15. The monoisotopic (exact) mass is 348 g/mol. The molecule has 0 N–H and O–H groups in total. The Bertz CT molecular complexity index is 714. The smallest absolute Gasteiger partial charge is 0.341 e. The van der Waals surface area contributed by atoms with Crippen molar-refractivity contribution in [3.05, 3.63) is 35.0 Å². The van der Waals surface area contributed by atoms with Crippen molar-refractivity contribution in [3.63, 3.8) is 0 Å². The van der Waals surface area contributed by atoms with Gasteiger partial charge in [-0.2, -0.15) is 0 Å². The van der Waals surface area contributed by atoms with Crippen LogP contribution in [0.15, 0.2) is 21.9 Å². The maximum Gasteiger partial charge on any atom is 0.341 e. The van der Waals surface area contributed by atoms with E-state index in [9.17, 15) is 4.79 Å². The highest BCUT2D eigenvalue weighted by Gasteiger charge is 2.23. The fraction of sp³-hybridized carbons (Fsp3) is 0.556. The van der Waals surface area contributed by atoms with Gasteiger partial charge in [-0.15, -0.1) is 0 Å². The normalized spacial score (nSPS) is 15.6. The number of aromatic nitrogens is 2. The van der Waals surface area contributed by atoms with Gasteiger partial charge in [0.25, 0.3) is 0 Å². The number of furan rings is 1. The van der Waals surface area contributed by atoms with Gasteiger partial charge in [-0.1, -0.05) is 31.0 Å². The summed E-state index contributed by atoms with van der Waals surface area (Å²) < 4.78 is 12.7. The number of carbonyl (C=O) groups excluding carboxylic acids is 1. The molecule has 2 heterocycles. The van der Waals surface area contributed by atoms with Crippen molar-refractivity contribution >= 4 is 17.7 Å². The van der Waals surface area contributed by atoms with Gasteiger partial charge in [-0.05, 0) is 32.8 Å². The van der Waals surface area contributed by atoms with Crippen LogP contribution in [0.4, 0.5) is 0 Å². The van der Waals surface area contributed by atoms with E-state index in [1.54, 1.807) is 17.8 Å². The molecule has 5 nitrogen and oxygen atoms in total. The van der Waals surface area contributed by atoms with Crippen LogP contribution in [0.25, 0.3) is 0 Å². The minimum atomic E-state index is -0.359. The number of hydrogen-bond acceptors (Lipinski definition) is 5. The largest absolute Gasteiger partial charge is 0.468 e. The number of rotatable bonds is 5. The van der Waals surface area contributed by atoms with E-state index in [4.69, 9.17) is 14.1 Å². The first-order valence-corrected chi connectivity index (χ1v) is 9.43. The van der Waals surface area contributed by atoms with Gasteiger partial charge in [0.15, 0.2) is 5.16 Å². The van der Waals surface area contributed by atoms with Crippen molar-refractivity contribution in [2.45, 2.75) is 62.9 Å². The highest BCUT2D eigenvalue weighted by atomic mass is 32.2. The summed E-state index contributed by atoms with van der Waals surface area (Å²) in [5.74, 6) is 0.850. The van der Waals surface area contributed by atoms with Crippen LogP contribution in [0.3, 0.4) is 0 Å². The van der Waals surface area contributed by atoms with Gasteiger partial charge in [0.2, 0.25) is 0 Å². The van der Waals surface area contributed by atoms with Crippen LogP contribution in [0.1, 0.15) is 65.7 Å². The van der Waals surface area contributed by atoms with Gasteiger partial charge in [0, 0.05) is 11.7 Å². The number of hydrogen-bond donors (Lipinski definition) is 0. The van der Waals surface area contributed by atoms with Crippen LogP contribution < -0.4 is 0 Å². The van der Waals surface area contributed by atoms with Crippen LogP contribution in [0, 0.1) is 13.8 Å². The molecule has 2 aromatic heterocycles. The molecule has 0 saturated heterocycles. The van der Waals surface area contributed by atoms with E-state index in [-0.39, 0.29) is 5.97 Å². The Morgan fingerprint density at radius 2 is 2.12 bits per heavy atom. The summed E-state index contributed by atoms with van der Waals surface area (Å²) in [6, 6.07) is 2.20. The molecule has 0 spiro atoms. The van der Waals surface area contributed by atoms with Crippen molar-refractivity contribution < 1.29 is 13.9 Å². The van der Waals surface area contributed by atoms with Gasteiger partial charge in [-0.3, -0.25) is 0 Å². The topological polar surface area (TPSA) is 57.3 Å². The molecule has 2 aromatic rings. The molecule has 0 unspecified atom stereocenters. The zero-order valence-corrected chi connectivity index (χ0v) is 15.3. The Kier molecular flexibility index (Phi) is 5.33. The standard InChI is InChI=1S/C18H24N2O3S/c1-12-13(2)20(14-7-5-4-6-8-14)18(19-12)24-11-16-15(9-10-23-16)17(21)22-3/h9-10,14H,4-8,11H2,1-3H3. The number of nitrogens with zero attached hydrogens (tertiary/aromatic N) is 2. The molecule has 1 aliphatic rings. The molecule has 24 heavy (non-hydrogen) atoms. The van der Waals surface area contributed by atoms with Gasteiger partial charge in [0.05, 0.1) is 24.8 Å². The molecule has 3 rings (SSSR count). The number of carbonyl (C=O) groups is 1. The number of imidazole rings is 1. The van der Waals surface area contributed by atoms with E-state index in [1.807, 2.05) is 0 Å². The first kappa shape index (κ1) is 17.1. The number of thioether (sulfide) groups is 1. The molecule has 130 valence electrons. The minimum Gasteiger partial charge on any atom is -0.468 e. The van der Waals surface area contributed by atoms with Crippen LogP contribution >= 0.6 is 11.8 Å². The van der Waals surface area contributed by atoms with Gasteiger partial charge >= 0.3 is 5.97 Å². The number of methoxy groups -OCH3 is 1. The molecular formula is C18H24N2O3S. The first-order chi connectivity index (χ1) is 11.6. The Morgan fingerprint density at radius 1 is 1.38 bits per heavy atom. The quantitative estimate of drug-likeness (QED) is 0.580. The number of esters is 1. The van der Waals surface area contributed by atoms with Crippen molar-refractivity contribution in [2.24, 2.45) is 0 Å². The average molecular weight is 348 g/mol. The summed E-state index contributed by atoms with van der Waals surface area (Å²) in [6.07, 6.45) is 7.88. The zero-order chi connectivity index (χ0) is 17.1. The van der Waals surface area contributed by atoms with Gasteiger partial charge in [0.1, 0.15) is 11.3 Å². The van der Waals surface area contributed by atoms with E-state index in [2.05, 4.69) is 18.4 Å². The van der Waals surface area contributed by atoms with Crippen molar-refractivity contribution in [3.8, 4) is 0 Å². The SMILES string of the molecule is COC(=O)c1ccoc1CSc1nc(C)c(C)n1C1CCCCC1.